The van der Waals surface area contributed by atoms with Gasteiger partial charge in [-0.1, -0.05) is 11.8 Å². The first-order chi connectivity index (χ1) is 11.4. The van der Waals surface area contributed by atoms with Gasteiger partial charge in [-0.3, -0.25) is 14.9 Å². The Morgan fingerprint density at radius 2 is 2.08 bits per heavy atom. The Morgan fingerprint density at radius 1 is 1.38 bits per heavy atom. The maximum absolute atomic E-state index is 12.1. The van der Waals surface area contributed by atoms with E-state index < -0.39 is 4.92 Å². The van der Waals surface area contributed by atoms with Crippen LogP contribution >= 0.6 is 11.8 Å². The van der Waals surface area contributed by atoms with Crippen LogP contribution in [-0.2, 0) is 4.79 Å². The van der Waals surface area contributed by atoms with Gasteiger partial charge in [0.15, 0.2) is 0 Å². The molecule has 9 heteroatoms. The van der Waals surface area contributed by atoms with Crippen LogP contribution in [0.1, 0.15) is 35.8 Å². The van der Waals surface area contributed by atoms with E-state index in [9.17, 15) is 14.9 Å². The molecule has 24 heavy (non-hydrogen) atoms. The van der Waals surface area contributed by atoms with Crippen LogP contribution in [0.15, 0.2) is 21.8 Å². The van der Waals surface area contributed by atoms with Crippen LogP contribution in [-0.4, -0.2) is 26.8 Å². The fourth-order valence-corrected chi connectivity index (χ4v) is 2.71. The van der Waals surface area contributed by atoms with Crippen molar-refractivity contribution in [2.24, 2.45) is 0 Å². The molecule has 1 aromatic heterocycles. The number of anilines is 1. The van der Waals surface area contributed by atoms with Crippen LogP contribution in [0.25, 0.3) is 0 Å². The predicted octanol–water partition coefficient (Wildman–Crippen LogP) is 3.20. The van der Waals surface area contributed by atoms with Gasteiger partial charge in [0, 0.05) is 12.0 Å². The van der Waals surface area contributed by atoms with Crippen LogP contribution in [0, 0.1) is 24.0 Å². The van der Waals surface area contributed by atoms with E-state index in [0.29, 0.717) is 17.0 Å². The molecule has 1 aromatic carbocycles. The maximum atomic E-state index is 12.1. The van der Waals surface area contributed by atoms with Gasteiger partial charge in [0.2, 0.25) is 11.8 Å². The van der Waals surface area contributed by atoms with Gasteiger partial charge in [0.1, 0.15) is 5.69 Å². The van der Waals surface area contributed by atoms with E-state index in [1.54, 1.807) is 13.0 Å². The van der Waals surface area contributed by atoms with Gasteiger partial charge in [-0.15, -0.1) is 10.2 Å². The topological polar surface area (TPSA) is 111 Å². The van der Waals surface area contributed by atoms with Crippen molar-refractivity contribution in [3.05, 3.63) is 39.3 Å². The van der Waals surface area contributed by atoms with Gasteiger partial charge in [-0.05, 0) is 43.9 Å². The lowest BCUT2D eigenvalue weighted by Gasteiger charge is -2.08. The normalized spacial score (nSPS) is 13.8. The molecule has 3 rings (SSSR count). The highest BCUT2D eigenvalue weighted by Crippen LogP contribution is 2.39. The molecule has 0 unspecified atom stereocenters. The van der Waals surface area contributed by atoms with E-state index in [4.69, 9.17) is 4.42 Å². The Bertz CT molecular complexity index is 801. The highest BCUT2D eigenvalue weighted by molar-refractivity contribution is 7.99. The number of hydrogen-bond donors (Lipinski definition) is 1. The van der Waals surface area contributed by atoms with Gasteiger partial charge >= 0.3 is 0 Å². The molecule has 1 amide bonds. The Balaban J connectivity index is 1.63. The van der Waals surface area contributed by atoms with Gasteiger partial charge < -0.3 is 9.73 Å². The van der Waals surface area contributed by atoms with Crippen molar-refractivity contribution in [2.75, 3.05) is 11.1 Å². The number of nitro benzene ring substituents is 1. The zero-order valence-electron chi connectivity index (χ0n) is 13.2. The monoisotopic (exact) mass is 348 g/mol. The molecule has 1 N–H and O–H groups in total. The second-order valence-electron chi connectivity index (χ2n) is 5.73. The van der Waals surface area contributed by atoms with Gasteiger partial charge in [0.25, 0.3) is 10.9 Å². The molecule has 126 valence electrons. The second kappa shape index (κ2) is 6.60. The average molecular weight is 348 g/mol. The minimum Gasteiger partial charge on any atom is -0.416 e. The quantitative estimate of drug-likeness (QED) is 0.484. The third-order valence-corrected chi connectivity index (χ3v) is 4.58. The lowest BCUT2D eigenvalue weighted by atomic mass is 10.1. The van der Waals surface area contributed by atoms with Crippen molar-refractivity contribution in [1.82, 2.24) is 10.2 Å². The molecular formula is C15H16N4O4S. The molecule has 1 fully saturated rings. The van der Waals surface area contributed by atoms with Crippen LogP contribution in [0.4, 0.5) is 11.4 Å². The molecule has 0 atom stereocenters. The van der Waals surface area contributed by atoms with Gasteiger partial charge in [-0.2, -0.15) is 0 Å². The molecular weight excluding hydrogens is 332 g/mol. The minimum absolute atomic E-state index is 0.0381. The molecule has 1 aliphatic carbocycles. The lowest BCUT2D eigenvalue weighted by Crippen LogP contribution is -2.15. The minimum atomic E-state index is -0.505. The molecule has 0 spiro atoms. The molecule has 1 heterocycles. The fourth-order valence-electron chi connectivity index (χ4n) is 2.14. The standard InChI is InChI=1S/C15H16N4O4S/c1-8-5-11(12(19(21)22)6-9(8)2)16-13(20)7-24-15-18-17-14(23-15)10-3-4-10/h5-6,10H,3-4,7H2,1-2H3,(H,16,20). The Kier molecular flexibility index (Phi) is 4.52. The van der Waals surface area contributed by atoms with Crippen LogP contribution in [0.3, 0.4) is 0 Å². The van der Waals surface area contributed by atoms with Crippen LogP contribution in [0.2, 0.25) is 0 Å². The Hall–Kier alpha value is -2.42. The average Bonchev–Trinajstić information content (AvgIpc) is 3.27. The van der Waals surface area contributed by atoms with E-state index in [0.717, 1.165) is 35.7 Å². The van der Waals surface area contributed by atoms with Crippen LogP contribution < -0.4 is 5.32 Å². The number of carbonyl (C=O) groups is 1. The summed E-state index contributed by atoms with van der Waals surface area (Å²) in [7, 11) is 0. The third kappa shape index (κ3) is 3.73. The van der Waals surface area contributed by atoms with E-state index in [1.807, 2.05) is 6.92 Å². The molecule has 8 nitrogen and oxygen atoms in total. The number of aryl methyl sites for hydroxylation is 2. The first-order valence-corrected chi connectivity index (χ1v) is 8.44. The number of aromatic nitrogens is 2. The van der Waals surface area contributed by atoms with Gasteiger partial charge in [-0.25, -0.2) is 0 Å². The summed E-state index contributed by atoms with van der Waals surface area (Å²) in [6.45, 7) is 3.62. The first kappa shape index (κ1) is 16.4. The van der Waals surface area contributed by atoms with Crippen molar-refractivity contribution < 1.29 is 14.1 Å². The SMILES string of the molecule is Cc1cc(NC(=O)CSc2nnc(C3CC3)o2)c([N+](=O)[O-])cc1C. The molecule has 0 saturated heterocycles. The molecule has 0 bridgehead atoms. The zero-order valence-corrected chi connectivity index (χ0v) is 14.1. The number of benzene rings is 1. The highest BCUT2D eigenvalue weighted by atomic mass is 32.2. The summed E-state index contributed by atoms with van der Waals surface area (Å²) in [6.07, 6.45) is 2.12. The molecule has 1 saturated carbocycles. The summed E-state index contributed by atoms with van der Waals surface area (Å²) in [5.41, 5.74) is 1.74. The molecule has 0 aliphatic heterocycles. The van der Waals surface area contributed by atoms with Crippen molar-refractivity contribution >= 4 is 29.0 Å². The number of thioether (sulfide) groups is 1. The fraction of sp³-hybridized carbons (Fsp3) is 0.400. The smallest absolute Gasteiger partial charge is 0.293 e. The Morgan fingerprint density at radius 3 is 2.75 bits per heavy atom. The summed E-state index contributed by atoms with van der Waals surface area (Å²) < 4.78 is 5.46. The number of rotatable bonds is 6. The summed E-state index contributed by atoms with van der Waals surface area (Å²) >= 11 is 1.11. The number of nitrogens with zero attached hydrogens (tertiary/aromatic N) is 3. The summed E-state index contributed by atoms with van der Waals surface area (Å²) in [5, 5.41) is 21.9. The van der Waals surface area contributed by atoms with E-state index in [2.05, 4.69) is 15.5 Å². The van der Waals surface area contributed by atoms with Crippen molar-refractivity contribution in [3.63, 3.8) is 0 Å². The highest BCUT2D eigenvalue weighted by Gasteiger charge is 2.29. The maximum Gasteiger partial charge on any atom is 0.293 e. The molecule has 1 aliphatic rings. The number of carbonyl (C=O) groups excluding carboxylic acids is 1. The first-order valence-electron chi connectivity index (χ1n) is 7.45. The predicted molar refractivity (Wildman–Crippen MR) is 88.2 cm³/mol. The second-order valence-corrected chi connectivity index (χ2v) is 6.65. The zero-order chi connectivity index (χ0) is 17.3. The molecule has 0 radical (unpaired) electrons. The largest absolute Gasteiger partial charge is 0.416 e. The van der Waals surface area contributed by atoms with E-state index >= 15 is 0 Å². The van der Waals surface area contributed by atoms with Crippen LogP contribution in [0.5, 0.6) is 0 Å². The number of amides is 1. The number of hydrogen-bond acceptors (Lipinski definition) is 7. The van der Waals surface area contributed by atoms with Crippen molar-refractivity contribution in [3.8, 4) is 0 Å². The van der Waals surface area contributed by atoms with Crippen molar-refractivity contribution in [2.45, 2.75) is 37.8 Å². The summed E-state index contributed by atoms with van der Waals surface area (Å²) in [5.74, 6) is 0.648. The Labute approximate surface area is 142 Å². The summed E-state index contributed by atoms with van der Waals surface area (Å²) in [4.78, 5) is 22.7. The number of nitro groups is 1. The summed E-state index contributed by atoms with van der Waals surface area (Å²) in [6, 6.07) is 3.06. The number of nitrogens with one attached hydrogen (secondary N) is 1. The van der Waals surface area contributed by atoms with Crippen molar-refractivity contribution in [1.29, 1.82) is 0 Å². The molecule has 2 aromatic rings. The third-order valence-electron chi connectivity index (χ3n) is 3.76. The van der Waals surface area contributed by atoms with Gasteiger partial charge in [0.05, 0.1) is 10.7 Å². The van der Waals surface area contributed by atoms with E-state index in [-0.39, 0.29) is 23.0 Å². The van der Waals surface area contributed by atoms with E-state index in [1.165, 1.54) is 6.07 Å². The lowest BCUT2D eigenvalue weighted by molar-refractivity contribution is -0.384.